The maximum absolute atomic E-state index is 12.3. The van der Waals surface area contributed by atoms with E-state index in [1.54, 1.807) is 0 Å². The molecule has 1 amide bonds. The smallest absolute Gasteiger partial charge is 0.237 e. The van der Waals surface area contributed by atoms with Crippen LogP contribution in [0.5, 0.6) is 0 Å². The highest BCUT2D eigenvalue weighted by Gasteiger charge is 2.26. The van der Waals surface area contributed by atoms with Crippen LogP contribution in [0.25, 0.3) is 0 Å². The van der Waals surface area contributed by atoms with Crippen molar-refractivity contribution in [1.29, 1.82) is 0 Å². The molecule has 20 heavy (non-hydrogen) atoms. The van der Waals surface area contributed by atoms with Crippen LogP contribution in [0.3, 0.4) is 0 Å². The number of carbonyl (C=O) groups excluding carboxylic acids is 1. The number of carbonyl (C=O) groups is 1. The highest BCUT2D eigenvalue weighted by molar-refractivity contribution is 6.30. The van der Waals surface area contributed by atoms with E-state index in [0.29, 0.717) is 10.9 Å². The van der Waals surface area contributed by atoms with Crippen molar-refractivity contribution < 1.29 is 4.79 Å². The SMILES string of the molecule is CCC1CCNC(C(=O)N[C@@H](C)c2ccc(Cl)cc2)C1. The minimum Gasteiger partial charge on any atom is -0.348 e. The Labute approximate surface area is 126 Å². The monoisotopic (exact) mass is 294 g/mol. The molecule has 1 aliphatic rings. The average Bonchev–Trinajstić information content (AvgIpc) is 2.47. The Balaban J connectivity index is 1.91. The van der Waals surface area contributed by atoms with Gasteiger partial charge in [-0.3, -0.25) is 4.79 Å². The van der Waals surface area contributed by atoms with Crippen LogP contribution >= 0.6 is 11.6 Å². The molecule has 0 aliphatic carbocycles. The highest BCUT2D eigenvalue weighted by atomic mass is 35.5. The molecule has 0 saturated carbocycles. The number of piperidine rings is 1. The summed E-state index contributed by atoms with van der Waals surface area (Å²) < 4.78 is 0. The molecule has 2 N–H and O–H groups in total. The highest BCUT2D eigenvalue weighted by Crippen LogP contribution is 2.21. The fraction of sp³-hybridized carbons (Fsp3) is 0.562. The second-order valence-electron chi connectivity index (χ2n) is 5.59. The molecule has 1 fully saturated rings. The molecule has 0 radical (unpaired) electrons. The summed E-state index contributed by atoms with van der Waals surface area (Å²) >= 11 is 5.88. The van der Waals surface area contributed by atoms with Crippen molar-refractivity contribution in [3.63, 3.8) is 0 Å². The first-order chi connectivity index (χ1) is 9.60. The lowest BCUT2D eigenvalue weighted by molar-refractivity contribution is -0.124. The molecule has 0 bridgehead atoms. The van der Waals surface area contributed by atoms with Crippen LogP contribution in [0, 0.1) is 5.92 Å². The Kier molecular flexibility index (Phi) is 5.44. The summed E-state index contributed by atoms with van der Waals surface area (Å²) in [6.07, 6.45) is 3.26. The quantitative estimate of drug-likeness (QED) is 0.894. The van der Waals surface area contributed by atoms with Crippen molar-refractivity contribution in [3.8, 4) is 0 Å². The van der Waals surface area contributed by atoms with Crippen molar-refractivity contribution in [2.24, 2.45) is 5.92 Å². The molecule has 1 aliphatic heterocycles. The standard InChI is InChI=1S/C16H23ClN2O/c1-3-12-8-9-18-15(10-12)16(20)19-11(2)13-4-6-14(17)7-5-13/h4-7,11-12,15,18H,3,8-10H2,1-2H3,(H,19,20)/t11-,12?,15?/m0/s1. The molecule has 0 spiro atoms. The molecular weight excluding hydrogens is 272 g/mol. The van der Waals surface area contributed by atoms with Gasteiger partial charge in [-0.2, -0.15) is 0 Å². The van der Waals surface area contributed by atoms with E-state index in [1.165, 1.54) is 6.42 Å². The van der Waals surface area contributed by atoms with E-state index in [0.717, 1.165) is 24.9 Å². The van der Waals surface area contributed by atoms with E-state index in [2.05, 4.69) is 17.6 Å². The van der Waals surface area contributed by atoms with Gasteiger partial charge in [0.15, 0.2) is 0 Å². The topological polar surface area (TPSA) is 41.1 Å². The first kappa shape index (κ1) is 15.3. The molecule has 4 heteroatoms. The molecule has 1 aromatic carbocycles. The molecule has 110 valence electrons. The van der Waals surface area contributed by atoms with Crippen LogP contribution in [-0.4, -0.2) is 18.5 Å². The lowest BCUT2D eigenvalue weighted by Crippen LogP contribution is -2.49. The number of rotatable bonds is 4. The van der Waals surface area contributed by atoms with E-state index >= 15 is 0 Å². The number of halogens is 1. The third-order valence-electron chi connectivity index (χ3n) is 4.13. The van der Waals surface area contributed by atoms with Gasteiger partial charge >= 0.3 is 0 Å². The van der Waals surface area contributed by atoms with Crippen molar-refractivity contribution in [2.75, 3.05) is 6.54 Å². The summed E-state index contributed by atoms with van der Waals surface area (Å²) in [4.78, 5) is 12.3. The van der Waals surface area contributed by atoms with Gasteiger partial charge in [0.25, 0.3) is 0 Å². The lowest BCUT2D eigenvalue weighted by Gasteiger charge is -2.29. The van der Waals surface area contributed by atoms with Gasteiger partial charge in [0.2, 0.25) is 5.91 Å². The molecule has 1 saturated heterocycles. The van der Waals surface area contributed by atoms with Crippen molar-refractivity contribution in [2.45, 2.75) is 45.2 Å². The minimum absolute atomic E-state index is 0.00331. The molecule has 3 atom stereocenters. The Hall–Kier alpha value is -1.06. The van der Waals surface area contributed by atoms with E-state index < -0.39 is 0 Å². The van der Waals surface area contributed by atoms with Crippen LogP contribution in [0.15, 0.2) is 24.3 Å². The molecule has 1 aromatic rings. The lowest BCUT2D eigenvalue weighted by atomic mass is 9.90. The van der Waals surface area contributed by atoms with Crippen LogP contribution in [0.2, 0.25) is 5.02 Å². The zero-order valence-electron chi connectivity index (χ0n) is 12.2. The Morgan fingerprint density at radius 2 is 2.15 bits per heavy atom. The molecule has 2 rings (SSSR count). The summed E-state index contributed by atoms with van der Waals surface area (Å²) in [5, 5.41) is 7.12. The predicted molar refractivity (Wildman–Crippen MR) is 82.8 cm³/mol. The van der Waals surface area contributed by atoms with Gasteiger partial charge in [-0.1, -0.05) is 37.1 Å². The number of benzene rings is 1. The maximum atomic E-state index is 12.3. The largest absolute Gasteiger partial charge is 0.348 e. The molecule has 1 heterocycles. The molecule has 0 aromatic heterocycles. The average molecular weight is 295 g/mol. The number of hydrogen-bond donors (Lipinski definition) is 2. The van der Waals surface area contributed by atoms with Crippen LogP contribution < -0.4 is 10.6 Å². The van der Waals surface area contributed by atoms with Crippen molar-refractivity contribution in [3.05, 3.63) is 34.9 Å². The van der Waals surface area contributed by atoms with E-state index in [-0.39, 0.29) is 18.0 Å². The second kappa shape index (κ2) is 7.09. The first-order valence-corrected chi connectivity index (χ1v) is 7.77. The Bertz CT molecular complexity index is 446. The van der Waals surface area contributed by atoms with Gasteiger partial charge in [0, 0.05) is 5.02 Å². The second-order valence-corrected chi connectivity index (χ2v) is 6.02. The Morgan fingerprint density at radius 3 is 2.80 bits per heavy atom. The fourth-order valence-corrected chi connectivity index (χ4v) is 2.84. The number of nitrogens with one attached hydrogen (secondary N) is 2. The van der Waals surface area contributed by atoms with Crippen LogP contribution in [0.1, 0.15) is 44.7 Å². The van der Waals surface area contributed by atoms with Gasteiger partial charge in [-0.25, -0.2) is 0 Å². The van der Waals surface area contributed by atoms with Gasteiger partial charge in [0.1, 0.15) is 0 Å². The van der Waals surface area contributed by atoms with E-state index in [9.17, 15) is 4.79 Å². The van der Waals surface area contributed by atoms with Crippen molar-refractivity contribution >= 4 is 17.5 Å². The van der Waals surface area contributed by atoms with Gasteiger partial charge in [-0.05, 0) is 49.9 Å². The third-order valence-corrected chi connectivity index (χ3v) is 4.39. The first-order valence-electron chi connectivity index (χ1n) is 7.39. The summed E-state index contributed by atoms with van der Waals surface area (Å²) in [5.41, 5.74) is 1.07. The molecule has 2 unspecified atom stereocenters. The number of hydrogen-bond acceptors (Lipinski definition) is 2. The molecule has 3 nitrogen and oxygen atoms in total. The third kappa shape index (κ3) is 3.97. The summed E-state index contributed by atoms with van der Waals surface area (Å²) in [5.74, 6) is 0.767. The summed E-state index contributed by atoms with van der Waals surface area (Å²) in [6.45, 7) is 5.13. The zero-order chi connectivity index (χ0) is 14.5. The fourth-order valence-electron chi connectivity index (χ4n) is 2.72. The number of amides is 1. The summed E-state index contributed by atoms with van der Waals surface area (Å²) in [7, 11) is 0. The maximum Gasteiger partial charge on any atom is 0.237 e. The van der Waals surface area contributed by atoms with Gasteiger partial charge in [-0.15, -0.1) is 0 Å². The normalized spacial score (nSPS) is 24.1. The van der Waals surface area contributed by atoms with E-state index in [1.807, 2.05) is 31.2 Å². The van der Waals surface area contributed by atoms with Gasteiger partial charge in [0.05, 0.1) is 12.1 Å². The summed E-state index contributed by atoms with van der Waals surface area (Å²) in [6, 6.07) is 7.57. The van der Waals surface area contributed by atoms with Gasteiger partial charge < -0.3 is 10.6 Å². The minimum atomic E-state index is -0.0524. The van der Waals surface area contributed by atoms with E-state index in [4.69, 9.17) is 11.6 Å². The zero-order valence-corrected chi connectivity index (χ0v) is 12.9. The predicted octanol–water partition coefficient (Wildman–Crippen LogP) is 3.30. The van der Waals surface area contributed by atoms with Crippen molar-refractivity contribution in [1.82, 2.24) is 10.6 Å². The Morgan fingerprint density at radius 1 is 1.45 bits per heavy atom. The molecular formula is C16H23ClN2O. The van der Waals surface area contributed by atoms with Crippen LogP contribution in [-0.2, 0) is 4.79 Å². The van der Waals surface area contributed by atoms with Crippen LogP contribution in [0.4, 0.5) is 0 Å².